The Kier molecular flexibility index (Phi) is 6.55. The number of aliphatic hydroxyl groups excluding tert-OH is 1. The van der Waals surface area contributed by atoms with Crippen molar-refractivity contribution in [2.75, 3.05) is 13.7 Å². The Morgan fingerprint density at radius 3 is 2.37 bits per heavy atom. The lowest BCUT2D eigenvalue weighted by molar-refractivity contribution is -0.139. The third-order valence-electron chi connectivity index (χ3n) is 6.98. The molecule has 5 rings (SSSR count). The molecule has 1 aliphatic rings. The highest BCUT2D eigenvalue weighted by molar-refractivity contribution is 6.46. The molecule has 8 heteroatoms. The van der Waals surface area contributed by atoms with E-state index in [1.54, 1.807) is 31.2 Å². The molecule has 2 aromatic carbocycles. The molecular formula is C30H27N3O5. The highest BCUT2D eigenvalue weighted by Crippen LogP contribution is 2.40. The van der Waals surface area contributed by atoms with Gasteiger partial charge in [0.05, 0.1) is 30.0 Å². The van der Waals surface area contributed by atoms with Crippen LogP contribution in [0.5, 0.6) is 0 Å². The number of likely N-dealkylation sites (tertiary alicyclic amines) is 1. The second kappa shape index (κ2) is 9.97. The summed E-state index contributed by atoms with van der Waals surface area (Å²) in [6.45, 7) is 3.98. The summed E-state index contributed by atoms with van der Waals surface area (Å²) in [6.07, 6.45) is 2.36. The summed E-state index contributed by atoms with van der Waals surface area (Å²) in [4.78, 5) is 44.8. The van der Waals surface area contributed by atoms with E-state index in [4.69, 9.17) is 4.74 Å². The maximum Gasteiger partial charge on any atom is 0.337 e. The highest BCUT2D eigenvalue weighted by atomic mass is 16.5. The number of aryl methyl sites for hydroxylation is 2. The SMILES string of the molecule is COC(=O)c1ccc(C2/C(=C(\O)c3nc4c(C)cccn4c3C)C(=O)C(=O)N2CCc2ccccc2)cc1. The smallest absolute Gasteiger partial charge is 0.337 e. The highest BCUT2D eigenvalue weighted by Gasteiger charge is 2.46. The first-order chi connectivity index (χ1) is 18.3. The number of aliphatic hydroxyl groups is 1. The van der Waals surface area contributed by atoms with Crippen LogP contribution < -0.4 is 0 Å². The van der Waals surface area contributed by atoms with Crippen LogP contribution in [0.2, 0.25) is 0 Å². The van der Waals surface area contributed by atoms with Crippen molar-refractivity contribution in [3.63, 3.8) is 0 Å². The van der Waals surface area contributed by atoms with Crippen molar-refractivity contribution < 1.29 is 24.2 Å². The van der Waals surface area contributed by atoms with Gasteiger partial charge in [-0.25, -0.2) is 9.78 Å². The van der Waals surface area contributed by atoms with Gasteiger partial charge in [-0.3, -0.25) is 9.59 Å². The molecule has 1 atom stereocenters. The number of rotatable bonds is 6. The molecule has 2 aromatic heterocycles. The minimum Gasteiger partial charge on any atom is -0.505 e. The van der Waals surface area contributed by atoms with Gasteiger partial charge in [-0.1, -0.05) is 48.5 Å². The van der Waals surface area contributed by atoms with Gasteiger partial charge in [0.2, 0.25) is 0 Å². The first-order valence-corrected chi connectivity index (χ1v) is 12.3. The van der Waals surface area contributed by atoms with Crippen LogP contribution in [0.3, 0.4) is 0 Å². The van der Waals surface area contributed by atoms with Crippen molar-refractivity contribution in [1.29, 1.82) is 0 Å². The molecule has 1 amide bonds. The molecule has 1 unspecified atom stereocenters. The molecule has 1 N–H and O–H groups in total. The van der Waals surface area contributed by atoms with Gasteiger partial charge in [-0.05, 0) is 55.2 Å². The predicted octanol–water partition coefficient (Wildman–Crippen LogP) is 4.40. The van der Waals surface area contributed by atoms with Crippen molar-refractivity contribution in [3.8, 4) is 0 Å². The summed E-state index contributed by atoms with van der Waals surface area (Å²) in [5, 5.41) is 11.5. The van der Waals surface area contributed by atoms with Crippen molar-refractivity contribution in [1.82, 2.24) is 14.3 Å². The van der Waals surface area contributed by atoms with E-state index in [2.05, 4.69) is 4.98 Å². The average molecular weight is 510 g/mol. The van der Waals surface area contributed by atoms with E-state index < -0.39 is 23.7 Å². The molecule has 1 saturated heterocycles. The monoisotopic (exact) mass is 509 g/mol. The van der Waals surface area contributed by atoms with E-state index in [9.17, 15) is 19.5 Å². The number of nitrogens with zero attached hydrogens (tertiary/aromatic N) is 3. The normalized spacial score (nSPS) is 16.8. The standard InChI is InChI=1S/C30H27N3O5/c1-18-8-7-16-32-19(2)24(31-28(18)32)26(34)23-25(21-11-13-22(14-12-21)30(37)38-3)33(29(36)27(23)35)17-15-20-9-5-4-6-10-20/h4-14,16,25,34H,15,17H2,1-3H3/b26-23+. The van der Waals surface area contributed by atoms with Gasteiger partial charge >= 0.3 is 5.97 Å². The number of Topliss-reactive ketones (excluding diaryl/α,β-unsaturated/α-hetero) is 1. The van der Waals surface area contributed by atoms with E-state index >= 15 is 0 Å². The van der Waals surface area contributed by atoms with Gasteiger partial charge in [0, 0.05) is 12.7 Å². The van der Waals surface area contributed by atoms with Crippen LogP contribution in [0, 0.1) is 13.8 Å². The molecule has 8 nitrogen and oxygen atoms in total. The minimum atomic E-state index is -0.851. The Morgan fingerprint density at radius 2 is 1.71 bits per heavy atom. The van der Waals surface area contributed by atoms with Crippen LogP contribution in [-0.2, 0) is 20.7 Å². The quantitative estimate of drug-likeness (QED) is 0.179. The molecule has 192 valence electrons. The van der Waals surface area contributed by atoms with Crippen LogP contribution in [0.1, 0.15) is 44.5 Å². The van der Waals surface area contributed by atoms with E-state index in [0.29, 0.717) is 28.9 Å². The lowest BCUT2D eigenvalue weighted by Crippen LogP contribution is -2.31. The second-order valence-corrected chi connectivity index (χ2v) is 9.27. The number of ether oxygens (including phenoxy) is 1. The second-order valence-electron chi connectivity index (χ2n) is 9.27. The Labute approximate surface area is 219 Å². The fourth-order valence-corrected chi connectivity index (χ4v) is 4.94. The Balaban J connectivity index is 1.64. The maximum atomic E-state index is 13.4. The minimum absolute atomic E-state index is 0.0296. The largest absolute Gasteiger partial charge is 0.505 e. The van der Waals surface area contributed by atoms with Gasteiger partial charge in [0.1, 0.15) is 11.3 Å². The number of aromatic nitrogens is 2. The Morgan fingerprint density at radius 1 is 1.00 bits per heavy atom. The Bertz CT molecular complexity index is 1590. The van der Waals surface area contributed by atoms with Gasteiger partial charge in [-0.15, -0.1) is 0 Å². The number of hydrogen-bond donors (Lipinski definition) is 1. The topological polar surface area (TPSA) is 101 Å². The van der Waals surface area contributed by atoms with Crippen LogP contribution in [0.25, 0.3) is 11.4 Å². The summed E-state index contributed by atoms with van der Waals surface area (Å²) in [5.74, 6) is -2.29. The van der Waals surface area contributed by atoms with E-state index in [1.165, 1.54) is 12.0 Å². The third kappa shape index (κ3) is 4.24. The number of hydrogen-bond acceptors (Lipinski definition) is 6. The predicted molar refractivity (Wildman–Crippen MR) is 142 cm³/mol. The van der Waals surface area contributed by atoms with Gasteiger partial charge in [0.15, 0.2) is 5.76 Å². The van der Waals surface area contributed by atoms with Crippen molar-refractivity contribution in [3.05, 3.63) is 112 Å². The lowest BCUT2D eigenvalue weighted by atomic mass is 9.95. The molecule has 0 bridgehead atoms. The number of pyridine rings is 1. The summed E-state index contributed by atoms with van der Waals surface area (Å²) >= 11 is 0. The molecule has 0 spiro atoms. The molecule has 1 aliphatic heterocycles. The van der Waals surface area contributed by atoms with Gasteiger partial charge in [-0.2, -0.15) is 0 Å². The zero-order valence-corrected chi connectivity index (χ0v) is 21.3. The van der Waals surface area contributed by atoms with Gasteiger partial charge < -0.3 is 19.1 Å². The summed E-state index contributed by atoms with van der Waals surface area (Å²) in [7, 11) is 1.30. The molecule has 1 fully saturated rings. The number of methoxy groups -OCH3 is 1. The average Bonchev–Trinajstić information content (AvgIpc) is 3.41. The fourth-order valence-electron chi connectivity index (χ4n) is 4.94. The van der Waals surface area contributed by atoms with Gasteiger partial charge in [0.25, 0.3) is 11.7 Å². The number of fused-ring (bicyclic) bond motifs is 1. The molecule has 4 aromatic rings. The lowest BCUT2D eigenvalue weighted by Gasteiger charge is -2.25. The molecule has 0 aliphatic carbocycles. The number of esters is 1. The zero-order valence-electron chi connectivity index (χ0n) is 21.3. The molecule has 0 radical (unpaired) electrons. The number of imidazole rings is 1. The van der Waals surface area contributed by atoms with Crippen molar-refractivity contribution >= 4 is 29.1 Å². The van der Waals surface area contributed by atoms with Crippen LogP contribution >= 0.6 is 0 Å². The Hall–Kier alpha value is -4.72. The number of carbonyl (C=O) groups is 3. The number of amides is 1. The molecule has 3 heterocycles. The number of benzene rings is 2. The van der Waals surface area contributed by atoms with E-state index in [0.717, 1.165) is 11.1 Å². The third-order valence-corrected chi connectivity index (χ3v) is 6.98. The van der Waals surface area contributed by atoms with Crippen LogP contribution in [-0.4, -0.2) is 50.7 Å². The zero-order chi connectivity index (χ0) is 27.0. The van der Waals surface area contributed by atoms with Crippen molar-refractivity contribution in [2.45, 2.75) is 26.3 Å². The van der Waals surface area contributed by atoms with Crippen molar-refractivity contribution in [2.24, 2.45) is 0 Å². The first kappa shape index (κ1) is 25.0. The van der Waals surface area contributed by atoms with E-state index in [-0.39, 0.29) is 23.6 Å². The van der Waals surface area contributed by atoms with Crippen LogP contribution in [0.15, 0.2) is 78.5 Å². The molecular weight excluding hydrogens is 482 g/mol. The van der Waals surface area contributed by atoms with Crippen LogP contribution in [0.4, 0.5) is 0 Å². The summed E-state index contributed by atoms with van der Waals surface area (Å²) in [5.41, 5.74) is 4.37. The number of carbonyl (C=O) groups excluding carboxylic acids is 3. The number of ketones is 1. The first-order valence-electron chi connectivity index (χ1n) is 12.3. The summed E-state index contributed by atoms with van der Waals surface area (Å²) in [6, 6.07) is 19.1. The maximum absolute atomic E-state index is 13.4. The molecule has 38 heavy (non-hydrogen) atoms. The fraction of sp³-hybridized carbons (Fsp3) is 0.200. The molecule has 0 saturated carbocycles. The summed E-state index contributed by atoms with van der Waals surface area (Å²) < 4.78 is 6.64. The van der Waals surface area contributed by atoms with E-state index in [1.807, 2.05) is 60.0 Å².